The van der Waals surface area contributed by atoms with Crippen molar-refractivity contribution in [1.29, 1.82) is 0 Å². The summed E-state index contributed by atoms with van der Waals surface area (Å²) in [5.74, 6) is 0.533. The van der Waals surface area contributed by atoms with Crippen LogP contribution < -0.4 is 16.4 Å². The van der Waals surface area contributed by atoms with E-state index in [-0.39, 0.29) is 29.5 Å². The topological polar surface area (TPSA) is 79.5 Å². The summed E-state index contributed by atoms with van der Waals surface area (Å²) in [5.41, 5.74) is 5.10. The Morgan fingerprint density at radius 1 is 1.16 bits per heavy atom. The highest BCUT2D eigenvalue weighted by atomic mass is 127. The number of rotatable bonds is 6. The van der Waals surface area contributed by atoms with Gasteiger partial charge in [0.05, 0.1) is 5.56 Å². The Hall–Kier alpha value is -1.52. The number of nitrogens with two attached hydrogens (primary N) is 1. The van der Waals surface area contributed by atoms with Gasteiger partial charge in [-0.1, -0.05) is 6.42 Å². The minimum absolute atomic E-state index is 0. The summed E-state index contributed by atoms with van der Waals surface area (Å²) in [5, 5.41) is 5.49. The number of guanidine groups is 1. The van der Waals surface area contributed by atoms with Crippen molar-refractivity contribution in [3.8, 4) is 0 Å². The highest BCUT2D eigenvalue weighted by Crippen LogP contribution is 2.29. The van der Waals surface area contributed by atoms with Crippen LogP contribution in [0.4, 0.5) is 13.2 Å². The highest BCUT2D eigenvalue weighted by molar-refractivity contribution is 14.0. The van der Waals surface area contributed by atoms with Gasteiger partial charge in [-0.2, -0.15) is 13.2 Å². The van der Waals surface area contributed by atoms with Crippen molar-refractivity contribution in [2.45, 2.75) is 25.4 Å². The molecule has 1 aliphatic carbocycles. The van der Waals surface area contributed by atoms with Crippen LogP contribution in [0.25, 0.3) is 0 Å². The molecule has 25 heavy (non-hydrogen) atoms. The van der Waals surface area contributed by atoms with E-state index < -0.39 is 17.6 Å². The zero-order valence-electron chi connectivity index (χ0n) is 13.6. The maximum atomic E-state index is 12.5. The SMILES string of the molecule is I.NC(=NCC1CCC1)NCCNC(=O)c1ccc(C(F)(F)F)cc1. The van der Waals surface area contributed by atoms with E-state index in [1.807, 2.05) is 0 Å². The molecule has 9 heteroatoms. The molecule has 2 rings (SSSR count). The lowest BCUT2D eigenvalue weighted by molar-refractivity contribution is -0.137. The molecule has 1 amide bonds. The number of benzene rings is 1. The Kier molecular flexibility index (Phi) is 8.46. The minimum atomic E-state index is -4.41. The van der Waals surface area contributed by atoms with Crippen LogP contribution in [-0.2, 0) is 6.18 Å². The van der Waals surface area contributed by atoms with Crippen molar-refractivity contribution >= 4 is 35.8 Å². The maximum absolute atomic E-state index is 12.5. The fourth-order valence-corrected chi connectivity index (χ4v) is 2.24. The molecule has 0 aliphatic heterocycles. The van der Waals surface area contributed by atoms with E-state index in [4.69, 9.17) is 5.73 Å². The predicted octanol–water partition coefficient (Wildman–Crippen LogP) is 2.76. The molecule has 1 fully saturated rings. The Morgan fingerprint density at radius 2 is 1.76 bits per heavy atom. The summed E-state index contributed by atoms with van der Waals surface area (Å²) in [7, 11) is 0. The number of nitrogens with one attached hydrogen (secondary N) is 2. The van der Waals surface area contributed by atoms with Crippen LogP contribution in [0.2, 0.25) is 0 Å². The number of aliphatic imine (C=N–C) groups is 1. The van der Waals surface area contributed by atoms with Crippen LogP contribution in [0.1, 0.15) is 35.2 Å². The maximum Gasteiger partial charge on any atom is 0.416 e. The first-order chi connectivity index (χ1) is 11.4. The van der Waals surface area contributed by atoms with Crippen molar-refractivity contribution in [2.24, 2.45) is 16.6 Å². The summed E-state index contributed by atoms with van der Waals surface area (Å²) >= 11 is 0. The average Bonchev–Trinajstić information content (AvgIpc) is 2.49. The van der Waals surface area contributed by atoms with Gasteiger partial charge >= 0.3 is 6.18 Å². The van der Waals surface area contributed by atoms with Gasteiger partial charge in [0, 0.05) is 25.2 Å². The number of amides is 1. The van der Waals surface area contributed by atoms with Crippen molar-refractivity contribution in [2.75, 3.05) is 19.6 Å². The molecule has 5 nitrogen and oxygen atoms in total. The summed E-state index contributed by atoms with van der Waals surface area (Å²) in [6.07, 6.45) is -0.765. The number of hydrogen-bond donors (Lipinski definition) is 3. The second kappa shape index (κ2) is 9.83. The van der Waals surface area contributed by atoms with Crippen LogP contribution in [0.5, 0.6) is 0 Å². The van der Waals surface area contributed by atoms with Crippen molar-refractivity contribution in [3.05, 3.63) is 35.4 Å². The zero-order chi connectivity index (χ0) is 17.6. The molecular weight excluding hydrogens is 448 g/mol. The van der Waals surface area contributed by atoms with Crippen LogP contribution >= 0.6 is 24.0 Å². The summed E-state index contributed by atoms with van der Waals surface area (Å²) < 4.78 is 37.4. The lowest BCUT2D eigenvalue weighted by Gasteiger charge is -2.23. The second-order valence-corrected chi connectivity index (χ2v) is 5.78. The van der Waals surface area contributed by atoms with Gasteiger partial charge in [0.15, 0.2) is 5.96 Å². The Bertz CT molecular complexity index is 586. The summed E-state index contributed by atoms with van der Waals surface area (Å²) in [4.78, 5) is 16.0. The molecule has 1 saturated carbocycles. The normalized spacial score (nSPS) is 15.1. The van der Waals surface area contributed by atoms with Crippen LogP contribution in [-0.4, -0.2) is 31.5 Å². The van der Waals surface area contributed by atoms with Crippen LogP contribution in [0.3, 0.4) is 0 Å². The fourth-order valence-electron chi connectivity index (χ4n) is 2.24. The Balaban J connectivity index is 0.00000312. The molecule has 0 bridgehead atoms. The monoisotopic (exact) mass is 470 g/mol. The lowest BCUT2D eigenvalue weighted by atomic mass is 9.86. The molecule has 140 valence electrons. The number of carbonyl (C=O) groups is 1. The van der Waals surface area contributed by atoms with Gasteiger partial charge in [0.1, 0.15) is 0 Å². The lowest BCUT2D eigenvalue weighted by Crippen LogP contribution is -2.38. The van der Waals surface area contributed by atoms with Crippen molar-refractivity contribution in [3.63, 3.8) is 0 Å². The van der Waals surface area contributed by atoms with Gasteiger partial charge in [0.25, 0.3) is 5.91 Å². The molecule has 0 spiro atoms. The molecule has 0 saturated heterocycles. The van der Waals surface area contributed by atoms with Crippen LogP contribution in [0.15, 0.2) is 29.3 Å². The molecule has 0 aromatic heterocycles. The third-order valence-corrected chi connectivity index (χ3v) is 3.94. The molecule has 0 heterocycles. The number of hydrogen-bond acceptors (Lipinski definition) is 2. The van der Waals surface area contributed by atoms with Gasteiger partial charge in [-0.3, -0.25) is 9.79 Å². The van der Waals surface area contributed by atoms with Crippen molar-refractivity contribution < 1.29 is 18.0 Å². The predicted molar refractivity (Wildman–Crippen MR) is 101 cm³/mol. The van der Waals surface area contributed by atoms with Gasteiger partial charge in [-0.15, -0.1) is 24.0 Å². The molecule has 1 aromatic rings. The molecule has 0 radical (unpaired) electrons. The van der Waals surface area contributed by atoms with E-state index in [2.05, 4.69) is 15.6 Å². The first-order valence-electron chi connectivity index (χ1n) is 7.85. The first kappa shape index (κ1) is 21.5. The second-order valence-electron chi connectivity index (χ2n) is 5.78. The smallest absolute Gasteiger partial charge is 0.370 e. The van der Waals surface area contributed by atoms with Crippen molar-refractivity contribution in [1.82, 2.24) is 10.6 Å². The highest BCUT2D eigenvalue weighted by Gasteiger charge is 2.30. The van der Waals surface area contributed by atoms with Gasteiger partial charge in [0.2, 0.25) is 0 Å². The number of halogens is 4. The Labute approximate surface area is 161 Å². The molecule has 0 atom stereocenters. The minimum Gasteiger partial charge on any atom is -0.370 e. The Morgan fingerprint density at radius 3 is 2.28 bits per heavy atom. The molecule has 1 aliphatic rings. The third-order valence-electron chi connectivity index (χ3n) is 3.94. The molecular formula is C16H22F3IN4O. The van der Waals surface area contributed by atoms with Gasteiger partial charge in [-0.25, -0.2) is 0 Å². The standard InChI is InChI=1S/C16H21F3N4O.HI/c17-16(18,19)13-6-4-12(5-7-13)14(24)21-8-9-22-15(20)23-10-11-2-1-3-11;/h4-7,11H,1-3,8-10H2,(H,21,24)(H3,20,22,23);1H. The largest absolute Gasteiger partial charge is 0.416 e. The average molecular weight is 470 g/mol. The number of alkyl halides is 3. The summed E-state index contributed by atoms with van der Waals surface area (Å²) in [6.45, 7) is 1.41. The molecule has 0 unspecified atom stereocenters. The van der Waals surface area contributed by atoms with E-state index in [0.717, 1.165) is 30.8 Å². The van der Waals surface area contributed by atoms with Crippen LogP contribution in [0, 0.1) is 5.92 Å². The van der Waals surface area contributed by atoms with E-state index in [9.17, 15) is 18.0 Å². The molecule has 1 aromatic carbocycles. The number of nitrogens with zero attached hydrogens (tertiary/aromatic N) is 1. The fraction of sp³-hybridized carbons (Fsp3) is 0.500. The third kappa shape index (κ3) is 7.09. The van der Waals surface area contributed by atoms with E-state index in [0.29, 0.717) is 25.0 Å². The zero-order valence-corrected chi connectivity index (χ0v) is 15.9. The number of carbonyl (C=O) groups excluding carboxylic acids is 1. The van der Waals surface area contributed by atoms with E-state index >= 15 is 0 Å². The van der Waals surface area contributed by atoms with E-state index in [1.54, 1.807) is 0 Å². The van der Waals surface area contributed by atoms with E-state index in [1.165, 1.54) is 19.3 Å². The first-order valence-corrected chi connectivity index (χ1v) is 7.85. The molecule has 4 N–H and O–H groups in total. The van der Waals surface area contributed by atoms with Gasteiger partial charge in [-0.05, 0) is 43.0 Å². The van der Waals surface area contributed by atoms with Gasteiger partial charge < -0.3 is 16.4 Å². The summed E-state index contributed by atoms with van der Waals surface area (Å²) in [6, 6.07) is 4.08. The quantitative estimate of drug-likeness (QED) is 0.259.